The molecule has 0 atom stereocenters. The Morgan fingerprint density at radius 2 is 0.654 bits per heavy atom. The standard InChI is InChI=1S/C32H12BF24.C18H15N2S/c34-25(35,36)13-1-14(26(37,38)39)6-21(5-13)33(22-7-15(27(40,41)42)2-16(8-22)28(43,44)45,23-9-17(29(46,47)48)3-18(10-23)30(49,50)51)24-11-19(31(52,53)54)4-20(12-24)32(55,56)57;19-13-16-8-6-15(7-9-16)12-18-20(10-11-21-18)14-17-4-2-1-3-5-17/h1-12H;1-11H,12,14H2/q-1;+1. The molecule has 0 radical (unpaired) electrons. The predicted molar refractivity (Wildman–Crippen MR) is 234 cm³/mol. The van der Waals surface area contributed by atoms with Crippen LogP contribution >= 0.6 is 11.3 Å². The fourth-order valence-electron chi connectivity index (χ4n) is 8.34. The molecule has 414 valence electrons. The van der Waals surface area contributed by atoms with Gasteiger partial charge in [0.1, 0.15) is 6.15 Å². The third-order valence-electron chi connectivity index (χ3n) is 11.8. The summed E-state index contributed by atoms with van der Waals surface area (Å²) >= 11 is 1.77. The van der Waals surface area contributed by atoms with Gasteiger partial charge in [0.05, 0.1) is 67.9 Å². The molecular weight excluding hydrogens is 1130 g/mol. The van der Waals surface area contributed by atoms with Crippen molar-refractivity contribution in [3.63, 3.8) is 0 Å². The van der Waals surface area contributed by atoms with E-state index in [1.54, 1.807) is 11.3 Å². The molecule has 0 aliphatic heterocycles. The van der Waals surface area contributed by atoms with Crippen molar-refractivity contribution in [3.8, 4) is 6.07 Å². The van der Waals surface area contributed by atoms with E-state index in [0.717, 1.165) is 13.0 Å². The quantitative estimate of drug-likeness (QED) is 0.0846. The van der Waals surface area contributed by atoms with E-state index in [9.17, 15) is 105 Å². The van der Waals surface area contributed by atoms with Gasteiger partial charge in [-0.2, -0.15) is 137 Å². The molecule has 0 aliphatic rings. The number of rotatable bonds is 8. The van der Waals surface area contributed by atoms with Gasteiger partial charge in [0, 0.05) is 5.56 Å². The Morgan fingerprint density at radius 3 is 0.910 bits per heavy atom. The van der Waals surface area contributed by atoms with Crippen molar-refractivity contribution >= 4 is 39.3 Å². The van der Waals surface area contributed by atoms with E-state index in [4.69, 9.17) is 5.26 Å². The molecule has 7 aromatic rings. The molecule has 2 nitrogen and oxygen atoms in total. The van der Waals surface area contributed by atoms with Crippen LogP contribution in [0.15, 0.2) is 139 Å². The Labute approximate surface area is 427 Å². The smallest absolute Gasteiger partial charge is 0.194 e. The molecule has 0 saturated heterocycles. The summed E-state index contributed by atoms with van der Waals surface area (Å²) in [5, 5.41) is 12.3. The molecule has 6 aromatic carbocycles. The maximum atomic E-state index is 14.2. The van der Waals surface area contributed by atoms with Gasteiger partial charge in [-0.15, -0.1) is 0 Å². The summed E-state index contributed by atoms with van der Waals surface area (Å²) in [4.78, 5) is 0. The lowest BCUT2D eigenvalue weighted by Gasteiger charge is -2.46. The molecule has 7 rings (SSSR count). The minimum Gasteiger partial charge on any atom is -0.194 e. The first-order chi connectivity index (χ1) is 35.6. The highest BCUT2D eigenvalue weighted by atomic mass is 32.1. The van der Waals surface area contributed by atoms with Gasteiger partial charge in [-0.05, 0) is 42.0 Å². The van der Waals surface area contributed by atoms with Crippen molar-refractivity contribution in [1.82, 2.24) is 0 Å². The molecule has 78 heavy (non-hydrogen) atoms. The zero-order valence-electron chi connectivity index (χ0n) is 38.1. The average Bonchev–Trinajstić information content (AvgIpc) is 3.91. The Bertz CT molecular complexity index is 2860. The van der Waals surface area contributed by atoms with Crippen LogP contribution in [0.1, 0.15) is 66.2 Å². The predicted octanol–water partition coefficient (Wildman–Crippen LogP) is 14.8. The zero-order chi connectivity index (χ0) is 58.4. The van der Waals surface area contributed by atoms with Crippen molar-refractivity contribution < 1.29 is 110 Å². The van der Waals surface area contributed by atoms with Crippen LogP contribution < -0.4 is 26.4 Å². The van der Waals surface area contributed by atoms with E-state index in [1.807, 2.05) is 30.3 Å². The van der Waals surface area contributed by atoms with E-state index in [2.05, 4.69) is 46.5 Å². The molecule has 0 fully saturated rings. The minimum absolute atomic E-state index is 0.691. The molecule has 0 aliphatic carbocycles. The summed E-state index contributed by atoms with van der Waals surface area (Å²) in [5.41, 5.74) is -27.0. The highest BCUT2D eigenvalue weighted by molar-refractivity contribution is 7.20. The summed E-state index contributed by atoms with van der Waals surface area (Å²) in [5.74, 6) is 0. The van der Waals surface area contributed by atoms with Crippen LogP contribution in [0, 0.1) is 11.3 Å². The van der Waals surface area contributed by atoms with Crippen LogP contribution in [-0.2, 0) is 62.4 Å². The van der Waals surface area contributed by atoms with Gasteiger partial charge in [0.15, 0.2) is 12.7 Å². The largest absolute Gasteiger partial charge is 0.416 e. The third kappa shape index (κ3) is 13.9. The molecule has 0 saturated carbocycles. The van der Waals surface area contributed by atoms with E-state index < -0.39 is 195 Å². The number of thiazole rings is 1. The minimum atomic E-state index is -6.13. The molecule has 0 unspecified atom stereocenters. The summed E-state index contributed by atoms with van der Waals surface area (Å²) in [7, 11) is 0. The molecule has 0 bridgehead atoms. The fourth-order valence-corrected chi connectivity index (χ4v) is 9.22. The van der Waals surface area contributed by atoms with Crippen LogP contribution in [0.5, 0.6) is 0 Å². The number of halogens is 24. The normalized spacial score (nSPS) is 13.2. The molecule has 1 heterocycles. The monoisotopic (exact) mass is 1150 g/mol. The Morgan fingerprint density at radius 1 is 0.372 bits per heavy atom. The number of hydrogen-bond acceptors (Lipinski definition) is 2. The van der Waals surface area contributed by atoms with Gasteiger partial charge in [0.2, 0.25) is 5.01 Å². The molecule has 0 N–H and O–H groups in total. The van der Waals surface area contributed by atoms with E-state index in [1.165, 1.54) is 16.1 Å². The summed E-state index contributed by atoms with van der Waals surface area (Å²) in [6, 6.07) is 11.7. The zero-order valence-corrected chi connectivity index (χ0v) is 39.0. The fraction of sp³-hybridized carbons (Fsp3) is 0.200. The van der Waals surface area contributed by atoms with E-state index in [0.29, 0.717) is 5.56 Å². The van der Waals surface area contributed by atoms with E-state index >= 15 is 0 Å². The molecule has 0 amide bonds. The maximum Gasteiger partial charge on any atom is 0.416 e. The average molecular weight is 1150 g/mol. The number of nitrogens with zero attached hydrogens (tertiary/aromatic N) is 2. The van der Waals surface area contributed by atoms with Crippen LogP contribution in [0.25, 0.3) is 0 Å². The van der Waals surface area contributed by atoms with Gasteiger partial charge >= 0.3 is 49.4 Å². The van der Waals surface area contributed by atoms with Crippen LogP contribution in [0.4, 0.5) is 105 Å². The van der Waals surface area contributed by atoms with Gasteiger partial charge in [0.25, 0.3) is 0 Å². The second kappa shape index (κ2) is 21.2. The number of alkyl halides is 24. The second-order valence-electron chi connectivity index (χ2n) is 17.1. The number of aromatic nitrogens is 1. The lowest BCUT2D eigenvalue weighted by atomic mass is 9.12. The van der Waals surface area contributed by atoms with Gasteiger partial charge in [-0.3, -0.25) is 0 Å². The van der Waals surface area contributed by atoms with Crippen molar-refractivity contribution in [3.05, 3.63) is 205 Å². The van der Waals surface area contributed by atoms with Crippen molar-refractivity contribution in [2.45, 2.75) is 62.4 Å². The highest BCUT2D eigenvalue weighted by Gasteiger charge is 2.47. The van der Waals surface area contributed by atoms with Crippen LogP contribution in [-0.4, -0.2) is 6.15 Å². The molecule has 1 aromatic heterocycles. The van der Waals surface area contributed by atoms with E-state index in [-0.39, 0.29) is 0 Å². The maximum absolute atomic E-state index is 14.2. The molecule has 0 spiro atoms. The highest BCUT2D eigenvalue weighted by Crippen LogP contribution is 2.41. The summed E-state index contributed by atoms with van der Waals surface area (Å²) < 4.78 is 343. The van der Waals surface area contributed by atoms with Gasteiger partial charge in [-0.1, -0.05) is 102 Å². The van der Waals surface area contributed by atoms with Crippen LogP contribution in [0.3, 0.4) is 0 Å². The summed E-state index contributed by atoms with van der Waals surface area (Å²) in [6.07, 6.45) is -51.8. The lowest BCUT2D eigenvalue weighted by molar-refractivity contribution is -0.690. The number of hydrogen-bond donors (Lipinski definition) is 0. The molecule has 28 heteroatoms. The first-order valence-corrected chi connectivity index (χ1v) is 22.3. The van der Waals surface area contributed by atoms with Crippen LogP contribution in [0.2, 0.25) is 0 Å². The Balaban J connectivity index is 0.000000387. The van der Waals surface area contributed by atoms with Crippen molar-refractivity contribution in [2.24, 2.45) is 0 Å². The van der Waals surface area contributed by atoms with Crippen molar-refractivity contribution in [2.75, 3.05) is 0 Å². The first kappa shape index (κ1) is 60.1. The Hall–Kier alpha value is -7.18. The lowest BCUT2D eigenvalue weighted by Crippen LogP contribution is -2.75. The second-order valence-corrected chi connectivity index (χ2v) is 18.1. The molecular formula is C50H27BF24N2S. The summed E-state index contributed by atoms with van der Waals surface area (Å²) in [6.45, 7) is 0.899. The third-order valence-corrected chi connectivity index (χ3v) is 12.7. The number of benzene rings is 6. The Kier molecular flexibility index (Phi) is 16.3. The topological polar surface area (TPSA) is 27.7 Å². The van der Waals surface area contributed by atoms with Crippen molar-refractivity contribution in [1.29, 1.82) is 5.26 Å². The van der Waals surface area contributed by atoms with Gasteiger partial charge in [-0.25, -0.2) is 0 Å². The SMILES string of the molecule is FC(F)(F)c1cc([B-](c2cc(C(F)(F)F)cc(C(F)(F)F)c2)(c2cc(C(F)(F)F)cc(C(F)(F)F)c2)c2cc(C(F)(F)F)cc(C(F)(F)F)c2)cc(C(F)(F)F)c1.N#Cc1ccc(Cc2scc[n+]2Cc2ccccc2)cc1. The number of nitriles is 1. The first-order valence-electron chi connectivity index (χ1n) is 21.5. The van der Waals surface area contributed by atoms with Gasteiger partial charge < -0.3 is 0 Å².